The lowest BCUT2D eigenvalue weighted by atomic mass is 9.92. The van der Waals surface area contributed by atoms with Crippen molar-refractivity contribution in [3.63, 3.8) is 0 Å². The number of hydrogen-bond acceptors (Lipinski definition) is 4. The Hall–Kier alpha value is -3.70. The fourth-order valence-corrected chi connectivity index (χ4v) is 3.67. The van der Waals surface area contributed by atoms with Gasteiger partial charge in [0.1, 0.15) is 5.75 Å². The third-order valence-corrected chi connectivity index (χ3v) is 5.00. The molecule has 5 nitrogen and oxygen atoms in total. The van der Waals surface area contributed by atoms with Gasteiger partial charge in [0.05, 0.1) is 11.2 Å². The van der Waals surface area contributed by atoms with Crippen LogP contribution in [-0.2, 0) is 17.8 Å². The van der Waals surface area contributed by atoms with Gasteiger partial charge in [-0.1, -0.05) is 60.7 Å². The van der Waals surface area contributed by atoms with E-state index in [0.29, 0.717) is 18.7 Å². The number of carbonyl (C=O) groups is 1. The highest BCUT2D eigenvalue weighted by Gasteiger charge is 2.17. The Kier molecular flexibility index (Phi) is 5.72. The first-order chi connectivity index (χ1) is 14.7. The number of hydrogen-bond donors (Lipinski definition) is 2. The van der Waals surface area contributed by atoms with Gasteiger partial charge in [0.15, 0.2) is 6.61 Å². The lowest BCUT2D eigenvalue weighted by molar-refractivity contribution is -0.119. The molecule has 0 aliphatic rings. The average Bonchev–Trinajstić information content (AvgIpc) is 2.78. The van der Waals surface area contributed by atoms with Crippen molar-refractivity contribution in [2.24, 2.45) is 11.5 Å². The summed E-state index contributed by atoms with van der Waals surface area (Å²) in [4.78, 5) is 16.0. The summed E-state index contributed by atoms with van der Waals surface area (Å²) in [5.74, 6) is 0.0522. The number of nitrogens with zero attached hydrogens (tertiary/aromatic N) is 1. The summed E-state index contributed by atoms with van der Waals surface area (Å²) in [6.07, 6.45) is 0.697. The van der Waals surface area contributed by atoms with Gasteiger partial charge in [-0.15, -0.1) is 0 Å². The minimum Gasteiger partial charge on any atom is -0.484 e. The van der Waals surface area contributed by atoms with E-state index in [9.17, 15) is 4.79 Å². The van der Waals surface area contributed by atoms with Crippen LogP contribution in [0.1, 0.15) is 16.8 Å². The van der Waals surface area contributed by atoms with Gasteiger partial charge in [-0.05, 0) is 40.5 Å². The Balaban J connectivity index is 1.92. The smallest absolute Gasteiger partial charge is 0.255 e. The molecule has 0 bridgehead atoms. The van der Waals surface area contributed by atoms with Gasteiger partial charge in [0.2, 0.25) is 0 Å². The molecule has 30 heavy (non-hydrogen) atoms. The number of aromatic nitrogens is 1. The first-order valence-corrected chi connectivity index (χ1v) is 9.81. The van der Waals surface area contributed by atoms with Crippen molar-refractivity contribution in [2.75, 3.05) is 6.61 Å². The minimum atomic E-state index is -0.516. The number of ether oxygens (including phenoxy) is 1. The fraction of sp³-hybridized carbons (Fsp3) is 0.120. The van der Waals surface area contributed by atoms with Crippen molar-refractivity contribution in [3.8, 4) is 16.9 Å². The molecule has 0 atom stereocenters. The molecule has 5 heteroatoms. The van der Waals surface area contributed by atoms with E-state index in [-0.39, 0.29) is 6.61 Å². The van der Waals surface area contributed by atoms with Gasteiger partial charge in [-0.2, -0.15) is 0 Å². The van der Waals surface area contributed by atoms with E-state index in [1.807, 2.05) is 54.6 Å². The summed E-state index contributed by atoms with van der Waals surface area (Å²) < 4.78 is 5.53. The Labute approximate surface area is 175 Å². The zero-order chi connectivity index (χ0) is 20.9. The zero-order valence-corrected chi connectivity index (χ0v) is 16.5. The lowest BCUT2D eigenvalue weighted by Crippen LogP contribution is -2.20. The number of carbonyl (C=O) groups excluding carboxylic acids is 1. The molecule has 0 aliphatic heterocycles. The standard InChI is InChI=1S/C25H23N3O2/c26-15-21-23(13-17-7-3-1-4-8-17)28-22-12-11-19(30-16-24(27)29)14-20(22)25(21)18-9-5-2-6-10-18/h1-12,14H,13,15-16,26H2,(H2,27,29). The highest BCUT2D eigenvalue weighted by atomic mass is 16.5. The second kappa shape index (κ2) is 8.76. The molecule has 1 aromatic heterocycles. The van der Waals surface area contributed by atoms with E-state index in [4.69, 9.17) is 21.2 Å². The second-order valence-corrected chi connectivity index (χ2v) is 7.08. The number of amides is 1. The Bertz CT molecular complexity index is 1180. The molecule has 0 saturated carbocycles. The van der Waals surface area contributed by atoms with E-state index in [1.165, 1.54) is 5.56 Å². The third-order valence-electron chi connectivity index (χ3n) is 5.00. The normalized spacial score (nSPS) is 10.8. The van der Waals surface area contributed by atoms with Crippen molar-refractivity contribution >= 4 is 16.8 Å². The van der Waals surface area contributed by atoms with Gasteiger partial charge in [0, 0.05) is 18.4 Å². The molecule has 1 heterocycles. The largest absolute Gasteiger partial charge is 0.484 e. The highest BCUT2D eigenvalue weighted by molar-refractivity contribution is 5.97. The average molecular weight is 397 g/mol. The van der Waals surface area contributed by atoms with Gasteiger partial charge in [-0.25, -0.2) is 0 Å². The van der Waals surface area contributed by atoms with Gasteiger partial charge in [-0.3, -0.25) is 9.78 Å². The molecule has 1 amide bonds. The van der Waals surface area contributed by atoms with Crippen LogP contribution in [0.2, 0.25) is 0 Å². The Morgan fingerprint density at radius 2 is 1.63 bits per heavy atom. The SMILES string of the molecule is NCc1c(Cc2ccccc2)nc2ccc(OCC(N)=O)cc2c1-c1ccccc1. The molecule has 0 radical (unpaired) electrons. The number of benzene rings is 3. The highest BCUT2D eigenvalue weighted by Crippen LogP contribution is 2.35. The van der Waals surface area contributed by atoms with Crippen LogP contribution in [0.25, 0.3) is 22.0 Å². The molecule has 4 aromatic rings. The molecule has 0 saturated heterocycles. The summed E-state index contributed by atoms with van der Waals surface area (Å²) in [7, 11) is 0. The van der Waals surface area contributed by atoms with Crippen molar-refractivity contribution in [1.29, 1.82) is 0 Å². The molecule has 4 rings (SSSR count). The number of fused-ring (bicyclic) bond motifs is 1. The topological polar surface area (TPSA) is 91.2 Å². The van der Waals surface area contributed by atoms with Crippen molar-refractivity contribution in [2.45, 2.75) is 13.0 Å². The number of nitrogens with two attached hydrogens (primary N) is 2. The van der Waals surface area contributed by atoms with Gasteiger partial charge >= 0.3 is 0 Å². The van der Waals surface area contributed by atoms with Gasteiger partial charge in [0.25, 0.3) is 5.91 Å². The molecular formula is C25H23N3O2. The first kappa shape index (κ1) is 19.6. The van der Waals surface area contributed by atoms with Crippen molar-refractivity contribution in [3.05, 3.63) is 95.7 Å². The minimum absolute atomic E-state index is 0.171. The summed E-state index contributed by atoms with van der Waals surface area (Å²) in [5, 5.41) is 0.931. The second-order valence-electron chi connectivity index (χ2n) is 7.08. The van der Waals surface area contributed by atoms with Crippen LogP contribution in [0, 0.1) is 0 Å². The summed E-state index contributed by atoms with van der Waals surface area (Å²) >= 11 is 0. The predicted octanol–water partition coefficient (Wildman–Crippen LogP) is 3.82. The molecule has 0 aliphatic carbocycles. The quantitative estimate of drug-likeness (QED) is 0.496. The summed E-state index contributed by atoms with van der Waals surface area (Å²) in [5.41, 5.74) is 17.6. The Morgan fingerprint density at radius 1 is 0.933 bits per heavy atom. The molecule has 150 valence electrons. The number of primary amides is 1. The zero-order valence-electron chi connectivity index (χ0n) is 16.5. The van der Waals surface area contributed by atoms with Crippen LogP contribution in [-0.4, -0.2) is 17.5 Å². The molecule has 3 aromatic carbocycles. The lowest BCUT2D eigenvalue weighted by Gasteiger charge is -2.17. The van der Waals surface area contributed by atoms with E-state index in [0.717, 1.165) is 33.3 Å². The molecule has 0 unspecified atom stereocenters. The van der Waals surface area contributed by atoms with Crippen molar-refractivity contribution in [1.82, 2.24) is 4.98 Å². The third kappa shape index (κ3) is 4.16. The summed E-state index contributed by atoms with van der Waals surface area (Å²) in [6.45, 7) is 0.192. The predicted molar refractivity (Wildman–Crippen MR) is 119 cm³/mol. The van der Waals surface area contributed by atoms with Crippen LogP contribution in [0.15, 0.2) is 78.9 Å². The first-order valence-electron chi connectivity index (χ1n) is 9.81. The van der Waals surface area contributed by atoms with Crippen LogP contribution in [0.4, 0.5) is 0 Å². The van der Waals surface area contributed by atoms with Crippen LogP contribution < -0.4 is 16.2 Å². The van der Waals surface area contributed by atoms with Crippen molar-refractivity contribution < 1.29 is 9.53 Å². The summed E-state index contributed by atoms with van der Waals surface area (Å²) in [6, 6.07) is 26.0. The van der Waals surface area contributed by atoms with Gasteiger partial charge < -0.3 is 16.2 Å². The molecule has 4 N–H and O–H groups in total. The van der Waals surface area contributed by atoms with Crippen LogP contribution >= 0.6 is 0 Å². The monoisotopic (exact) mass is 397 g/mol. The maximum atomic E-state index is 11.1. The molecule has 0 fully saturated rings. The van der Waals surface area contributed by atoms with E-state index < -0.39 is 5.91 Å². The van der Waals surface area contributed by atoms with E-state index in [2.05, 4.69) is 24.3 Å². The maximum absolute atomic E-state index is 11.1. The molecule has 0 spiro atoms. The van der Waals surface area contributed by atoms with E-state index >= 15 is 0 Å². The van der Waals surface area contributed by atoms with E-state index in [1.54, 1.807) is 0 Å². The van der Waals surface area contributed by atoms with Crippen LogP contribution in [0.5, 0.6) is 5.75 Å². The molecular weight excluding hydrogens is 374 g/mol. The number of rotatable bonds is 7. The van der Waals surface area contributed by atoms with Crippen LogP contribution in [0.3, 0.4) is 0 Å². The fourth-order valence-electron chi connectivity index (χ4n) is 3.67. The number of pyridine rings is 1. The maximum Gasteiger partial charge on any atom is 0.255 e. The Morgan fingerprint density at radius 3 is 2.30 bits per heavy atom.